The molecular formula is C24H35N3O8S. The Morgan fingerprint density at radius 3 is 2.00 bits per heavy atom. The van der Waals surface area contributed by atoms with Crippen LogP contribution in [0.2, 0.25) is 0 Å². The number of allylic oxidation sites excluding steroid dienone is 2. The number of para-hydroxylation sites is 1. The summed E-state index contributed by atoms with van der Waals surface area (Å²) in [6.45, 7) is 6.52. The number of carbonyl (C=O) groups is 3. The molecule has 1 aromatic carbocycles. The molecular weight excluding hydrogens is 490 g/mol. The zero-order chi connectivity index (χ0) is 26.2. The van der Waals surface area contributed by atoms with Crippen molar-refractivity contribution in [3.63, 3.8) is 0 Å². The van der Waals surface area contributed by atoms with Crippen LogP contribution in [0.3, 0.4) is 0 Å². The third-order valence-electron chi connectivity index (χ3n) is 4.93. The largest absolute Gasteiger partial charge is 0.481 e. The molecule has 36 heavy (non-hydrogen) atoms. The summed E-state index contributed by atoms with van der Waals surface area (Å²) in [6.07, 6.45) is 0.119. The number of carboxylic acids is 1. The first-order chi connectivity index (χ1) is 17.4. The third kappa shape index (κ3) is 11.9. The van der Waals surface area contributed by atoms with Crippen LogP contribution in [0.25, 0.3) is 0 Å². The van der Waals surface area contributed by atoms with Gasteiger partial charge in [-0.2, -0.15) is 0 Å². The summed E-state index contributed by atoms with van der Waals surface area (Å²) in [5.74, 6) is -1.42. The minimum atomic E-state index is -0.892. The van der Waals surface area contributed by atoms with Crippen molar-refractivity contribution >= 4 is 35.2 Å². The summed E-state index contributed by atoms with van der Waals surface area (Å²) in [5.41, 5.74) is 1.62. The summed E-state index contributed by atoms with van der Waals surface area (Å²) in [7, 11) is 0. The number of amides is 2. The molecule has 11 nitrogen and oxygen atoms in total. The van der Waals surface area contributed by atoms with Gasteiger partial charge in [0.25, 0.3) is 5.91 Å². The monoisotopic (exact) mass is 525 g/mol. The van der Waals surface area contributed by atoms with Crippen molar-refractivity contribution < 1.29 is 38.4 Å². The predicted molar refractivity (Wildman–Crippen MR) is 136 cm³/mol. The van der Waals surface area contributed by atoms with E-state index in [1.54, 1.807) is 24.3 Å². The minimum absolute atomic E-state index is 0.0234. The highest BCUT2D eigenvalue weighted by Gasteiger charge is 2.22. The Morgan fingerprint density at radius 2 is 1.44 bits per heavy atom. The number of thioether (sulfide) groups is 1. The molecule has 0 spiro atoms. The van der Waals surface area contributed by atoms with Crippen LogP contribution in [0.15, 0.2) is 34.9 Å². The van der Waals surface area contributed by atoms with Gasteiger partial charge in [-0.1, -0.05) is 23.9 Å². The van der Waals surface area contributed by atoms with E-state index in [9.17, 15) is 14.4 Å². The smallest absolute Gasteiger partial charge is 0.305 e. The maximum Gasteiger partial charge on any atom is 0.305 e. The summed E-state index contributed by atoms with van der Waals surface area (Å²) in [6, 6.07) is 6.87. The van der Waals surface area contributed by atoms with Crippen molar-refractivity contribution in [3.05, 3.63) is 40.4 Å². The SMILES string of the molecule is CC1=C(C)SC(NC(=O)c2ccccc2NC(=O)CCOCCOCCOCCOCCC(=O)O)N1. The first-order valence-corrected chi connectivity index (χ1v) is 12.6. The van der Waals surface area contributed by atoms with Crippen molar-refractivity contribution in [3.8, 4) is 0 Å². The lowest BCUT2D eigenvalue weighted by molar-refractivity contribution is -0.138. The molecule has 0 fully saturated rings. The summed E-state index contributed by atoms with van der Waals surface area (Å²) in [5, 5.41) is 17.4. The summed E-state index contributed by atoms with van der Waals surface area (Å²) >= 11 is 1.54. The van der Waals surface area contributed by atoms with E-state index in [0.29, 0.717) is 50.9 Å². The van der Waals surface area contributed by atoms with Gasteiger partial charge in [0.05, 0.1) is 76.9 Å². The molecule has 0 saturated heterocycles. The van der Waals surface area contributed by atoms with Gasteiger partial charge in [0.2, 0.25) is 5.91 Å². The lowest BCUT2D eigenvalue weighted by Crippen LogP contribution is -2.40. The fourth-order valence-corrected chi connectivity index (χ4v) is 3.94. The van der Waals surface area contributed by atoms with E-state index in [2.05, 4.69) is 16.0 Å². The van der Waals surface area contributed by atoms with E-state index in [4.69, 9.17) is 24.1 Å². The van der Waals surface area contributed by atoms with Crippen LogP contribution in [-0.4, -0.2) is 81.2 Å². The number of benzene rings is 1. The number of carboxylic acid groups (broad SMARTS) is 1. The fraction of sp³-hybridized carbons (Fsp3) is 0.542. The second-order valence-corrected chi connectivity index (χ2v) is 9.05. The molecule has 0 aliphatic carbocycles. The standard InChI is InChI=1S/C24H35N3O8S/c1-17-18(2)36-24(25-17)27-23(31)19-5-3-4-6-20(19)26-21(28)7-9-32-11-13-34-15-16-35-14-12-33-10-8-22(29)30/h3-6,24-25H,7-16H2,1-2H3,(H,26,28)(H,27,31)(H,29,30). The molecule has 200 valence electrons. The topological polar surface area (TPSA) is 144 Å². The Balaban J connectivity index is 1.52. The van der Waals surface area contributed by atoms with Gasteiger partial charge in [0.15, 0.2) is 5.50 Å². The number of ether oxygens (including phenoxy) is 4. The van der Waals surface area contributed by atoms with Crippen molar-refractivity contribution in [1.82, 2.24) is 10.6 Å². The normalized spacial score (nSPS) is 15.0. The number of hydrogen-bond acceptors (Lipinski definition) is 9. The molecule has 1 aromatic rings. The molecule has 4 N–H and O–H groups in total. The van der Waals surface area contributed by atoms with Gasteiger partial charge in [-0.25, -0.2) is 0 Å². The van der Waals surface area contributed by atoms with Crippen LogP contribution in [0.5, 0.6) is 0 Å². The first-order valence-electron chi connectivity index (χ1n) is 11.7. The maximum atomic E-state index is 12.7. The van der Waals surface area contributed by atoms with Crippen LogP contribution in [0.4, 0.5) is 5.69 Å². The first kappa shape index (κ1) is 29.6. The van der Waals surface area contributed by atoms with Gasteiger partial charge in [0, 0.05) is 10.6 Å². The van der Waals surface area contributed by atoms with Crippen LogP contribution < -0.4 is 16.0 Å². The average molecular weight is 526 g/mol. The van der Waals surface area contributed by atoms with E-state index in [-0.39, 0.29) is 43.4 Å². The Morgan fingerprint density at radius 1 is 0.889 bits per heavy atom. The van der Waals surface area contributed by atoms with Crippen LogP contribution in [-0.2, 0) is 28.5 Å². The molecule has 1 aliphatic heterocycles. The van der Waals surface area contributed by atoms with E-state index in [0.717, 1.165) is 10.6 Å². The minimum Gasteiger partial charge on any atom is -0.481 e. The summed E-state index contributed by atoms with van der Waals surface area (Å²) < 4.78 is 21.2. The lowest BCUT2D eigenvalue weighted by atomic mass is 10.1. The van der Waals surface area contributed by atoms with Gasteiger partial charge >= 0.3 is 5.97 Å². The Labute approximate surface area is 215 Å². The van der Waals surface area contributed by atoms with Crippen LogP contribution in [0, 0.1) is 0 Å². The summed E-state index contributed by atoms with van der Waals surface area (Å²) in [4.78, 5) is 36.5. The number of anilines is 1. The van der Waals surface area contributed by atoms with E-state index in [1.165, 1.54) is 11.8 Å². The lowest BCUT2D eigenvalue weighted by Gasteiger charge is -2.16. The zero-order valence-electron chi connectivity index (χ0n) is 20.7. The third-order valence-corrected chi connectivity index (χ3v) is 6.06. The Bertz CT molecular complexity index is 882. The molecule has 2 amide bonds. The number of carbonyl (C=O) groups excluding carboxylic acids is 2. The highest BCUT2D eigenvalue weighted by molar-refractivity contribution is 8.03. The molecule has 1 aliphatic rings. The van der Waals surface area contributed by atoms with E-state index < -0.39 is 5.97 Å². The van der Waals surface area contributed by atoms with Crippen LogP contribution in [0.1, 0.15) is 37.0 Å². The van der Waals surface area contributed by atoms with Gasteiger partial charge in [-0.15, -0.1) is 0 Å². The predicted octanol–water partition coefficient (Wildman–Crippen LogP) is 2.16. The molecule has 0 bridgehead atoms. The van der Waals surface area contributed by atoms with Gasteiger partial charge in [-0.3, -0.25) is 14.4 Å². The van der Waals surface area contributed by atoms with E-state index >= 15 is 0 Å². The maximum absolute atomic E-state index is 12.7. The molecule has 0 saturated carbocycles. The highest BCUT2D eigenvalue weighted by atomic mass is 32.2. The second kappa shape index (κ2) is 16.9. The number of nitrogens with one attached hydrogen (secondary N) is 3. The second-order valence-electron chi connectivity index (χ2n) is 7.73. The van der Waals surface area contributed by atoms with E-state index in [1.807, 2.05) is 13.8 Å². The molecule has 2 rings (SSSR count). The van der Waals surface area contributed by atoms with Gasteiger partial charge in [0.1, 0.15) is 0 Å². The highest BCUT2D eigenvalue weighted by Crippen LogP contribution is 2.28. The van der Waals surface area contributed by atoms with Gasteiger partial charge < -0.3 is 40.0 Å². The Kier molecular flexibility index (Phi) is 13.9. The number of aliphatic carboxylic acids is 1. The quantitative estimate of drug-likeness (QED) is 0.210. The average Bonchev–Trinajstić information content (AvgIpc) is 3.15. The molecule has 1 unspecified atom stereocenters. The van der Waals surface area contributed by atoms with Crippen molar-refractivity contribution in [2.24, 2.45) is 0 Å². The van der Waals surface area contributed by atoms with Crippen LogP contribution >= 0.6 is 11.8 Å². The fourth-order valence-electron chi connectivity index (χ4n) is 2.94. The molecule has 1 heterocycles. The van der Waals surface area contributed by atoms with Crippen molar-refractivity contribution in [2.45, 2.75) is 32.2 Å². The zero-order valence-corrected chi connectivity index (χ0v) is 21.5. The number of hydrogen-bond donors (Lipinski definition) is 4. The molecule has 12 heteroatoms. The molecule has 0 radical (unpaired) electrons. The molecule has 0 aromatic heterocycles. The van der Waals surface area contributed by atoms with Crippen molar-refractivity contribution in [2.75, 3.05) is 58.2 Å². The van der Waals surface area contributed by atoms with Gasteiger partial charge in [-0.05, 0) is 26.0 Å². The van der Waals surface area contributed by atoms with Crippen molar-refractivity contribution in [1.29, 1.82) is 0 Å². The number of rotatable bonds is 18. The Hall–Kier alpha value is -2.64. The molecule has 1 atom stereocenters.